The number of benzene rings is 9. The van der Waals surface area contributed by atoms with Crippen LogP contribution < -0.4 is 4.90 Å². The minimum absolute atomic E-state index is 0.822. The Morgan fingerprint density at radius 3 is 1.82 bits per heavy atom. The zero-order valence-electron chi connectivity index (χ0n) is 30.1. The molecule has 12 aromatic rings. The Bertz CT molecular complexity index is 3480. The Labute approximate surface area is 325 Å². The highest BCUT2D eigenvalue weighted by Gasteiger charge is 2.25. The molecule has 0 saturated heterocycles. The van der Waals surface area contributed by atoms with Crippen LogP contribution in [-0.2, 0) is 0 Å². The molecule has 0 aliphatic rings. The van der Waals surface area contributed by atoms with E-state index >= 15 is 0 Å². The van der Waals surface area contributed by atoms with Gasteiger partial charge in [-0.15, -0.1) is 11.3 Å². The van der Waals surface area contributed by atoms with Gasteiger partial charge in [0.25, 0.3) is 0 Å². The first-order chi connectivity index (χ1) is 27.8. The maximum Gasteiger partial charge on any atom is 0.159 e. The third-order valence-corrected chi connectivity index (χ3v) is 12.5. The first kappa shape index (κ1) is 31.2. The van der Waals surface area contributed by atoms with Crippen molar-refractivity contribution in [3.63, 3.8) is 0 Å². The van der Waals surface area contributed by atoms with Gasteiger partial charge in [0.15, 0.2) is 11.2 Å². The van der Waals surface area contributed by atoms with Crippen LogP contribution in [0.1, 0.15) is 0 Å². The van der Waals surface area contributed by atoms with Gasteiger partial charge in [-0.3, -0.25) is 0 Å². The smallest absolute Gasteiger partial charge is 0.159 e. The van der Waals surface area contributed by atoms with Crippen LogP contribution in [0.25, 0.3) is 97.1 Å². The van der Waals surface area contributed by atoms with Crippen molar-refractivity contribution in [2.24, 2.45) is 0 Å². The van der Waals surface area contributed by atoms with Gasteiger partial charge < -0.3 is 13.7 Å². The fourth-order valence-electron chi connectivity index (χ4n) is 8.72. The molecule has 9 aromatic carbocycles. The second kappa shape index (κ2) is 12.2. The summed E-state index contributed by atoms with van der Waals surface area (Å²) in [5.41, 5.74) is 10.9. The summed E-state index contributed by atoms with van der Waals surface area (Å²) in [5, 5.41) is 9.23. The Balaban J connectivity index is 1.15. The highest BCUT2D eigenvalue weighted by atomic mass is 32.1. The molecule has 0 saturated carbocycles. The second-order valence-electron chi connectivity index (χ2n) is 14.4. The zero-order valence-corrected chi connectivity index (χ0v) is 30.9. The summed E-state index contributed by atoms with van der Waals surface area (Å²) in [7, 11) is 0. The molecule has 0 N–H and O–H groups in total. The minimum Gasteiger partial charge on any atom is -0.454 e. The van der Waals surface area contributed by atoms with E-state index in [1.165, 1.54) is 42.1 Å². The summed E-state index contributed by atoms with van der Waals surface area (Å²) in [6, 6.07) is 66.9. The van der Waals surface area contributed by atoms with E-state index in [0.717, 1.165) is 72.1 Å². The molecule has 12 rings (SSSR count). The Morgan fingerprint density at radius 1 is 0.393 bits per heavy atom. The zero-order chi connectivity index (χ0) is 36.7. The molecule has 0 radical (unpaired) electrons. The summed E-state index contributed by atoms with van der Waals surface area (Å²) in [6.45, 7) is 0. The maximum atomic E-state index is 7.32. The molecular formula is C52H31NO2S. The van der Waals surface area contributed by atoms with Crippen LogP contribution in [0, 0.1) is 0 Å². The van der Waals surface area contributed by atoms with Crippen molar-refractivity contribution < 1.29 is 8.83 Å². The first-order valence-corrected chi connectivity index (χ1v) is 19.7. The summed E-state index contributed by atoms with van der Waals surface area (Å²) in [6.07, 6.45) is 0. The molecule has 4 heteroatoms. The van der Waals surface area contributed by atoms with Gasteiger partial charge in [0.05, 0.1) is 11.4 Å². The van der Waals surface area contributed by atoms with Crippen molar-refractivity contribution in [1.29, 1.82) is 0 Å². The normalized spacial score (nSPS) is 11.9. The van der Waals surface area contributed by atoms with Crippen molar-refractivity contribution in [1.82, 2.24) is 0 Å². The van der Waals surface area contributed by atoms with Gasteiger partial charge in [-0.25, -0.2) is 0 Å². The van der Waals surface area contributed by atoms with Crippen LogP contribution in [0.5, 0.6) is 0 Å². The highest BCUT2D eigenvalue weighted by molar-refractivity contribution is 7.26. The summed E-state index contributed by atoms with van der Waals surface area (Å²) < 4.78 is 16.6. The van der Waals surface area contributed by atoms with Gasteiger partial charge in [-0.1, -0.05) is 146 Å². The minimum atomic E-state index is 0.822. The standard InChI is InChI=1S/C52H31NO2S/c1-2-13-32(14-3-1)33-27-29-35(30-28-33)53(44-23-11-19-39-37-17-6-8-25-46(37)54-49(39)44)45-24-12-20-40-43-31-34-15-4-5-16-36(34)48(51(43)55-50(40)45)42-22-10-21-41-38-18-7-9-26-47(38)56-52(41)42/h1-31H. The SMILES string of the molecule is c1ccc(-c2ccc(N(c3cccc4c3oc3ccccc34)c3cccc4c3oc3c(-c5cccc6c5sc5ccccc56)c5ccccc5cc34)cc2)cc1. The van der Waals surface area contributed by atoms with E-state index in [2.05, 4.69) is 181 Å². The summed E-state index contributed by atoms with van der Waals surface area (Å²) in [5.74, 6) is 0. The molecule has 0 fully saturated rings. The van der Waals surface area contributed by atoms with Gasteiger partial charge in [-0.2, -0.15) is 0 Å². The van der Waals surface area contributed by atoms with Crippen molar-refractivity contribution >= 4 is 103 Å². The molecule has 0 amide bonds. The average molecular weight is 734 g/mol. The molecule has 0 bridgehead atoms. The first-order valence-electron chi connectivity index (χ1n) is 18.9. The number of furan rings is 2. The number of nitrogens with zero attached hydrogens (tertiary/aromatic N) is 1. The lowest BCUT2D eigenvalue weighted by Crippen LogP contribution is -2.10. The van der Waals surface area contributed by atoms with Gasteiger partial charge in [0.2, 0.25) is 0 Å². The number of fused-ring (bicyclic) bond motifs is 10. The molecule has 0 aliphatic carbocycles. The lowest BCUT2D eigenvalue weighted by molar-refractivity contribution is 0.667. The van der Waals surface area contributed by atoms with Gasteiger partial charge in [-0.05, 0) is 64.4 Å². The molecule has 56 heavy (non-hydrogen) atoms. The lowest BCUT2D eigenvalue weighted by atomic mass is 9.94. The third kappa shape index (κ3) is 4.63. The number of thiophene rings is 1. The fourth-order valence-corrected chi connectivity index (χ4v) is 9.94. The number of hydrogen-bond acceptors (Lipinski definition) is 4. The van der Waals surface area contributed by atoms with Crippen LogP contribution in [0.15, 0.2) is 197 Å². The Morgan fingerprint density at radius 2 is 1.00 bits per heavy atom. The van der Waals surface area contributed by atoms with E-state index in [1.807, 2.05) is 23.5 Å². The molecule has 0 spiro atoms. The topological polar surface area (TPSA) is 29.5 Å². The quantitative estimate of drug-likeness (QED) is 0.176. The van der Waals surface area contributed by atoms with Crippen LogP contribution >= 0.6 is 11.3 Å². The van der Waals surface area contributed by atoms with Crippen LogP contribution in [-0.4, -0.2) is 0 Å². The Kier molecular flexibility index (Phi) is 6.80. The van der Waals surface area contributed by atoms with Gasteiger partial charge in [0.1, 0.15) is 11.2 Å². The number of hydrogen-bond donors (Lipinski definition) is 0. The van der Waals surface area contributed by atoms with Crippen molar-refractivity contribution in [2.45, 2.75) is 0 Å². The molecule has 262 valence electrons. The maximum absolute atomic E-state index is 7.32. The molecular weight excluding hydrogens is 703 g/mol. The largest absolute Gasteiger partial charge is 0.454 e. The highest BCUT2D eigenvalue weighted by Crippen LogP contribution is 2.50. The fraction of sp³-hybridized carbons (Fsp3) is 0. The predicted molar refractivity (Wildman–Crippen MR) is 237 cm³/mol. The number of anilines is 3. The summed E-state index contributed by atoms with van der Waals surface area (Å²) >= 11 is 1.85. The van der Waals surface area contributed by atoms with Crippen molar-refractivity contribution in [2.75, 3.05) is 4.90 Å². The van der Waals surface area contributed by atoms with E-state index in [-0.39, 0.29) is 0 Å². The van der Waals surface area contributed by atoms with Crippen LogP contribution in [0.4, 0.5) is 17.1 Å². The number of para-hydroxylation sites is 3. The summed E-state index contributed by atoms with van der Waals surface area (Å²) in [4.78, 5) is 2.30. The van der Waals surface area contributed by atoms with Crippen molar-refractivity contribution in [3.8, 4) is 22.3 Å². The van der Waals surface area contributed by atoms with Crippen molar-refractivity contribution in [3.05, 3.63) is 188 Å². The Hall–Kier alpha value is -7.14. The lowest BCUT2D eigenvalue weighted by Gasteiger charge is -2.25. The van der Waals surface area contributed by atoms with Gasteiger partial charge >= 0.3 is 0 Å². The molecule has 3 heterocycles. The predicted octanol–water partition coefficient (Wildman–Crippen LogP) is 15.8. The van der Waals surface area contributed by atoms with Crippen LogP contribution in [0.3, 0.4) is 0 Å². The molecule has 3 aromatic heterocycles. The van der Waals surface area contributed by atoms with E-state index in [0.29, 0.717) is 0 Å². The van der Waals surface area contributed by atoms with E-state index in [1.54, 1.807) is 0 Å². The second-order valence-corrected chi connectivity index (χ2v) is 15.4. The van der Waals surface area contributed by atoms with Crippen LogP contribution in [0.2, 0.25) is 0 Å². The van der Waals surface area contributed by atoms with Gasteiger partial charge in [0, 0.05) is 58.5 Å². The van der Waals surface area contributed by atoms with E-state index in [9.17, 15) is 0 Å². The average Bonchev–Trinajstić information content (AvgIpc) is 3.96. The number of rotatable bonds is 5. The van der Waals surface area contributed by atoms with E-state index in [4.69, 9.17) is 8.83 Å². The molecule has 0 unspecified atom stereocenters. The molecule has 0 atom stereocenters. The van der Waals surface area contributed by atoms with E-state index < -0.39 is 0 Å². The third-order valence-electron chi connectivity index (χ3n) is 11.3. The molecule has 0 aliphatic heterocycles. The monoisotopic (exact) mass is 733 g/mol. The molecule has 3 nitrogen and oxygen atoms in total.